The molecular formula is C24H23BrN4O3. The summed E-state index contributed by atoms with van der Waals surface area (Å²) >= 11 is 3.43. The summed E-state index contributed by atoms with van der Waals surface area (Å²) in [5, 5.41) is 6.01. The van der Waals surface area contributed by atoms with Gasteiger partial charge in [0.2, 0.25) is 0 Å². The molecule has 2 aromatic heterocycles. The van der Waals surface area contributed by atoms with Crippen LogP contribution in [0, 0.1) is 6.92 Å². The molecule has 0 bridgehead atoms. The Morgan fingerprint density at radius 1 is 1.22 bits per heavy atom. The number of benzene rings is 2. The quantitative estimate of drug-likeness (QED) is 0.293. The van der Waals surface area contributed by atoms with Gasteiger partial charge >= 0.3 is 5.97 Å². The molecule has 32 heavy (non-hydrogen) atoms. The standard InChI is InChI=1S/C24H23BrN4O3/c1-4-7-22-27-20-11-10-16(25)12-18(20)24(31)29(22)26-13-19-15(2)28(14-23(30)32-3)21-9-6-5-8-17(19)21/h5-6,8-13H,4,7,14H2,1-3H3. The van der Waals surface area contributed by atoms with Gasteiger partial charge in [0, 0.05) is 33.1 Å². The first-order valence-corrected chi connectivity index (χ1v) is 11.1. The van der Waals surface area contributed by atoms with E-state index in [4.69, 9.17) is 4.74 Å². The molecule has 0 unspecified atom stereocenters. The number of nitrogens with zero attached hydrogens (tertiary/aromatic N) is 4. The Labute approximate surface area is 193 Å². The summed E-state index contributed by atoms with van der Waals surface area (Å²) in [6, 6.07) is 13.3. The van der Waals surface area contributed by atoms with Gasteiger partial charge in [0.25, 0.3) is 5.56 Å². The summed E-state index contributed by atoms with van der Waals surface area (Å²) in [5.41, 5.74) is 3.04. The minimum Gasteiger partial charge on any atom is -0.468 e. The Morgan fingerprint density at radius 3 is 2.75 bits per heavy atom. The molecular weight excluding hydrogens is 472 g/mol. The molecule has 0 saturated heterocycles. The van der Waals surface area contributed by atoms with Crippen molar-refractivity contribution in [2.24, 2.45) is 5.10 Å². The van der Waals surface area contributed by atoms with Gasteiger partial charge in [-0.15, -0.1) is 0 Å². The van der Waals surface area contributed by atoms with Crippen LogP contribution in [0.3, 0.4) is 0 Å². The first kappa shape index (κ1) is 22.0. The van der Waals surface area contributed by atoms with E-state index < -0.39 is 0 Å². The van der Waals surface area contributed by atoms with E-state index in [1.165, 1.54) is 11.8 Å². The molecule has 0 saturated carbocycles. The Kier molecular flexibility index (Phi) is 6.23. The van der Waals surface area contributed by atoms with Gasteiger partial charge in [-0.1, -0.05) is 41.1 Å². The number of rotatable bonds is 6. The van der Waals surface area contributed by atoms with Gasteiger partial charge in [0.05, 0.1) is 24.2 Å². The minimum atomic E-state index is -0.330. The molecule has 0 atom stereocenters. The van der Waals surface area contributed by atoms with Crippen molar-refractivity contribution in [1.29, 1.82) is 0 Å². The number of halogens is 1. The van der Waals surface area contributed by atoms with Crippen LogP contribution in [0.1, 0.15) is 30.4 Å². The summed E-state index contributed by atoms with van der Waals surface area (Å²) in [6.45, 7) is 4.07. The highest BCUT2D eigenvalue weighted by atomic mass is 79.9. The number of aryl methyl sites for hydroxylation is 1. The van der Waals surface area contributed by atoms with Gasteiger partial charge in [-0.2, -0.15) is 9.78 Å². The summed E-state index contributed by atoms with van der Waals surface area (Å²) < 4.78 is 8.94. The van der Waals surface area contributed by atoms with E-state index in [1.54, 1.807) is 12.3 Å². The van der Waals surface area contributed by atoms with Crippen LogP contribution in [0.5, 0.6) is 0 Å². The number of esters is 1. The van der Waals surface area contributed by atoms with Crippen LogP contribution in [-0.2, 0) is 22.5 Å². The summed E-state index contributed by atoms with van der Waals surface area (Å²) in [5.74, 6) is 0.280. The topological polar surface area (TPSA) is 78.5 Å². The second-order valence-corrected chi connectivity index (χ2v) is 8.40. The molecule has 0 radical (unpaired) electrons. The van der Waals surface area contributed by atoms with Gasteiger partial charge < -0.3 is 9.30 Å². The van der Waals surface area contributed by atoms with Gasteiger partial charge in [-0.3, -0.25) is 9.59 Å². The van der Waals surface area contributed by atoms with Crippen LogP contribution in [-0.4, -0.2) is 33.5 Å². The number of carbonyl (C=O) groups is 1. The van der Waals surface area contributed by atoms with E-state index in [1.807, 2.05) is 54.8 Å². The van der Waals surface area contributed by atoms with Crippen LogP contribution in [0.2, 0.25) is 0 Å². The molecule has 0 N–H and O–H groups in total. The van der Waals surface area contributed by atoms with E-state index in [0.29, 0.717) is 23.1 Å². The first-order chi connectivity index (χ1) is 15.4. The maximum absolute atomic E-state index is 13.3. The molecule has 164 valence electrons. The number of ether oxygens (including phenoxy) is 1. The Hall–Kier alpha value is -3.26. The molecule has 0 fully saturated rings. The largest absolute Gasteiger partial charge is 0.468 e. The molecule has 7 nitrogen and oxygen atoms in total. The van der Waals surface area contributed by atoms with Crippen LogP contribution in [0.25, 0.3) is 21.8 Å². The Morgan fingerprint density at radius 2 is 2.00 bits per heavy atom. The molecule has 8 heteroatoms. The van der Waals surface area contributed by atoms with Crippen molar-refractivity contribution in [2.75, 3.05) is 7.11 Å². The van der Waals surface area contributed by atoms with Crippen molar-refractivity contribution in [1.82, 2.24) is 14.2 Å². The molecule has 2 heterocycles. The van der Waals surface area contributed by atoms with Crippen molar-refractivity contribution in [3.63, 3.8) is 0 Å². The number of hydrogen-bond donors (Lipinski definition) is 0. The fraction of sp³-hybridized carbons (Fsp3) is 0.250. The van der Waals surface area contributed by atoms with E-state index in [9.17, 15) is 9.59 Å². The molecule has 0 spiro atoms. The maximum Gasteiger partial charge on any atom is 0.325 e. The lowest BCUT2D eigenvalue weighted by Gasteiger charge is -2.09. The normalized spacial score (nSPS) is 11.6. The van der Waals surface area contributed by atoms with Crippen LogP contribution in [0.4, 0.5) is 0 Å². The monoisotopic (exact) mass is 494 g/mol. The van der Waals surface area contributed by atoms with Gasteiger partial charge in [0.1, 0.15) is 12.4 Å². The average Bonchev–Trinajstić information content (AvgIpc) is 3.05. The lowest BCUT2D eigenvalue weighted by molar-refractivity contribution is -0.141. The van der Waals surface area contributed by atoms with Gasteiger partial charge in [0.15, 0.2) is 0 Å². The zero-order valence-corrected chi connectivity index (χ0v) is 19.7. The SMILES string of the molecule is CCCc1nc2ccc(Br)cc2c(=O)n1N=Cc1c(C)n(CC(=O)OC)c2ccccc12. The second kappa shape index (κ2) is 9.08. The lowest BCUT2D eigenvalue weighted by atomic mass is 10.1. The fourth-order valence-corrected chi connectivity index (χ4v) is 4.19. The third kappa shape index (κ3) is 3.98. The predicted octanol–water partition coefficient (Wildman–Crippen LogP) is 4.43. The highest BCUT2D eigenvalue weighted by Crippen LogP contribution is 2.25. The molecule has 0 amide bonds. The molecule has 0 aliphatic heterocycles. The highest BCUT2D eigenvalue weighted by Gasteiger charge is 2.16. The van der Waals surface area contributed by atoms with Gasteiger partial charge in [-0.25, -0.2) is 4.98 Å². The number of para-hydroxylation sites is 1. The average molecular weight is 495 g/mol. The van der Waals surface area contributed by atoms with Crippen molar-refractivity contribution < 1.29 is 9.53 Å². The van der Waals surface area contributed by atoms with Crippen molar-refractivity contribution in [2.45, 2.75) is 33.2 Å². The minimum absolute atomic E-state index is 0.100. The van der Waals surface area contributed by atoms with E-state index in [2.05, 4.69) is 26.0 Å². The van der Waals surface area contributed by atoms with E-state index >= 15 is 0 Å². The zero-order valence-electron chi connectivity index (χ0n) is 18.1. The third-order valence-electron chi connectivity index (χ3n) is 5.45. The number of aromatic nitrogens is 3. The zero-order chi connectivity index (χ0) is 22.8. The number of hydrogen-bond acceptors (Lipinski definition) is 5. The van der Waals surface area contributed by atoms with Crippen molar-refractivity contribution >= 4 is 49.9 Å². The summed E-state index contributed by atoms with van der Waals surface area (Å²) in [6.07, 6.45) is 3.14. The number of carbonyl (C=O) groups excluding carboxylic acids is 1. The maximum atomic E-state index is 13.3. The Bertz CT molecular complexity index is 1420. The lowest BCUT2D eigenvalue weighted by Crippen LogP contribution is -2.22. The fourth-order valence-electron chi connectivity index (χ4n) is 3.83. The molecule has 0 aliphatic carbocycles. The van der Waals surface area contributed by atoms with Crippen LogP contribution >= 0.6 is 15.9 Å². The van der Waals surface area contributed by atoms with E-state index in [-0.39, 0.29) is 18.1 Å². The van der Waals surface area contributed by atoms with Crippen LogP contribution < -0.4 is 5.56 Å². The molecule has 2 aromatic carbocycles. The van der Waals surface area contributed by atoms with Crippen LogP contribution in [0.15, 0.2) is 56.8 Å². The summed E-state index contributed by atoms with van der Waals surface area (Å²) in [4.78, 5) is 29.9. The molecule has 4 rings (SSSR count). The smallest absolute Gasteiger partial charge is 0.325 e. The molecule has 4 aromatic rings. The van der Waals surface area contributed by atoms with Gasteiger partial charge in [-0.05, 0) is 37.6 Å². The summed E-state index contributed by atoms with van der Waals surface area (Å²) in [7, 11) is 1.37. The van der Waals surface area contributed by atoms with Crippen molar-refractivity contribution in [3.05, 3.63) is 74.4 Å². The molecule has 0 aliphatic rings. The Balaban J connectivity index is 1.89. The second-order valence-electron chi connectivity index (χ2n) is 7.48. The third-order valence-corrected chi connectivity index (χ3v) is 5.94. The highest BCUT2D eigenvalue weighted by molar-refractivity contribution is 9.10. The van der Waals surface area contributed by atoms with E-state index in [0.717, 1.165) is 33.1 Å². The number of methoxy groups -OCH3 is 1. The first-order valence-electron chi connectivity index (χ1n) is 10.3. The van der Waals surface area contributed by atoms with Crippen molar-refractivity contribution in [3.8, 4) is 0 Å². The predicted molar refractivity (Wildman–Crippen MR) is 129 cm³/mol. The number of fused-ring (bicyclic) bond motifs is 2.